The molecular formula is C8H11N5O. The van der Waals surface area contributed by atoms with Gasteiger partial charge in [0, 0.05) is 20.0 Å². The first-order valence-electron chi connectivity index (χ1n) is 4.38. The molecule has 1 aliphatic heterocycles. The lowest BCUT2D eigenvalue weighted by atomic mass is 10.4. The van der Waals surface area contributed by atoms with Gasteiger partial charge < -0.3 is 10.6 Å². The van der Waals surface area contributed by atoms with E-state index in [1.165, 1.54) is 6.92 Å². The quantitative estimate of drug-likeness (QED) is 0.596. The Morgan fingerprint density at radius 3 is 3.07 bits per heavy atom. The van der Waals surface area contributed by atoms with Gasteiger partial charge >= 0.3 is 0 Å². The Morgan fingerprint density at radius 2 is 2.29 bits per heavy atom. The molecule has 3 N–H and O–H groups in total. The van der Waals surface area contributed by atoms with Gasteiger partial charge in [-0.25, -0.2) is 4.98 Å². The molecule has 2 rings (SSSR count). The minimum Gasteiger partial charge on any atom is -0.379 e. The number of fused-ring (bicyclic) bond motifs is 1. The molecule has 0 bridgehead atoms. The van der Waals surface area contributed by atoms with E-state index in [1.807, 2.05) is 0 Å². The van der Waals surface area contributed by atoms with Gasteiger partial charge in [0.25, 0.3) is 0 Å². The van der Waals surface area contributed by atoms with Crippen LogP contribution < -0.4 is 16.0 Å². The number of amides is 1. The summed E-state index contributed by atoms with van der Waals surface area (Å²) in [6, 6.07) is 0. The maximum atomic E-state index is 10.8. The van der Waals surface area contributed by atoms with Crippen LogP contribution >= 0.6 is 0 Å². The standard InChI is InChI=1S/C8H11N5O/c1-5(14)12-8-11-4-6-7(13-8)10-3-2-9-6/h4,9H,2-3H2,1H3,(H2,10,11,12,13,14). The molecule has 0 atom stereocenters. The average Bonchev–Trinajstić information content (AvgIpc) is 2.17. The van der Waals surface area contributed by atoms with Crippen molar-refractivity contribution in [3.63, 3.8) is 0 Å². The van der Waals surface area contributed by atoms with Gasteiger partial charge in [-0.1, -0.05) is 0 Å². The monoisotopic (exact) mass is 193 g/mol. The van der Waals surface area contributed by atoms with Gasteiger partial charge in [0.2, 0.25) is 11.9 Å². The second-order valence-electron chi connectivity index (χ2n) is 2.99. The zero-order chi connectivity index (χ0) is 9.97. The van der Waals surface area contributed by atoms with Crippen LogP contribution in [0, 0.1) is 0 Å². The Bertz CT molecular complexity index is 365. The van der Waals surface area contributed by atoms with Gasteiger partial charge in [-0.3, -0.25) is 10.1 Å². The van der Waals surface area contributed by atoms with Crippen molar-refractivity contribution >= 4 is 23.4 Å². The summed E-state index contributed by atoms with van der Waals surface area (Å²) >= 11 is 0. The Balaban J connectivity index is 2.24. The smallest absolute Gasteiger partial charge is 0.231 e. The lowest BCUT2D eigenvalue weighted by Gasteiger charge is -2.18. The number of aromatic nitrogens is 2. The summed E-state index contributed by atoms with van der Waals surface area (Å²) in [6.45, 7) is 3.11. The molecule has 1 amide bonds. The van der Waals surface area contributed by atoms with Gasteiger partial charge in [-0.05, 0) is 0 Å². The van der Waals surface area contributed by atoms with E-state index in [4.69, 9.17) is 0 Å². The first-order chi connectivity index (χ1) is 6.75. The van der Waals surface area contributed by atoms with Crippen molar-refractivity contribution in [1.82, 2.24) is 9.97 Å². The lowest BCUT2D eigenvalue weighted by Crippen LogP contribution is -2.22. The summed E-state index contributed by atoms with van der Waals surface area (Å²) in [4.78, 5) is 18.9. The minimum absolute atomic E-state index is 0.172. The van der Waals surface area contributed by atoms with Crippen LogP contribution in [0.4, 0.5) is 17.5 Å². The highest BCUT2D eigenvalue weighted by Crippen LogP contribution is 2.21. The molecule has 0 saturated heterocycles. The Morgan fingerprint density at radius 1 is 1.50 bits per heavy atom. The molecule has 0 spiro atoms. The molecule has 14 heavy (non-hydrogen) atoms. The molecule has 2 heterocycles. The van der Waals surface area contributed by atoms with Crippen molar-refractivity contribution in [1.29, 1.82) is 0 Å². The van der Waals surface area contributed by atoms with Crippen molar-refractivity contribution in [2.24, 2.45) is 0 Å². The van der Waals surface area contributed by atoms with E-state index in [1.54, 1.807) is 6.20 Å². The van der Waals surface area contributed by atoms with Gasteiger partial charge in [-0.15, -0.1) is 0 Å². The van der Waals surface area contributed by atoms with E-state index in [0.29, 0.717) is 5.95 Å². The predicted molar refractivity (Wildman–Crippen MR) is 53.3 cm³/mol. The largest absolute Gasteiger partial charge is 0.379 e. The van der Waals surface area contributed by atoms with E-state index < -0.39 is 0 Å². The first kappa shape index (κ1) is 8.74. The molecule has 74 valence electrons. The molecule has 6 heteroatoms. The number of rotatable bonds is 1. The van der Waals surface area contributed by atoms with E-state index in [9.17, 15) is 4.79 Å². The predicted octanol–water partition coefficient (Wildman–Crippen LogP) is 0.272. The van der Waals surface area contributed by atoms with E-state index in [-0.39, 0.29) is 5.91 Å². The second kappa shape index (κ2) is 3.49. The minimum atomic E-state index is -0.172. The summed E-state index contributed by atoms with van der Waals surface area (Å²) < 4.78 is 0. The van der Waals surface area contributed by atoms with Crippen LogP contribution in [0.3, 0.4) is 0 Å². The van der Waals surface area contributed by atoms with Gasteiger partial charge in [0.15, 0.2) is 5.82 Å². The molecule has 0 fully saturated rings. The molecule has 0 radical (unpaired) electrons. The van der Waals surface area contributed by atoms with Crippen molar-refractivity contribution in [2.45, 2.75) is 6.92 Å². The van der Waals surface area contributed by atoms with Crippen LogP contribution in [0.2, 0.25) is 0 Å². The van der Waals surface area contributed by atoms with Crippen LogP contribution in [0.1, 0.15) is 6.92 Å². The number of carbonyl (C=O) groups is 1. The number of hydrogen-bond acceptors (Lipinski definition) is 5. The molecule has 1 aromatic rings. The maximum Gasteiger partial charge on any atom is 0.231 e. The zero-order valence-electron chi connectivity index (χ0n) is 7.79. The zero-order valence-corrected chi connectivity index (χ0v) is 7.79. The normalized spacial score (nSPS) is 13.5. The van der Waals surface area contributed by atoms with Crippen LogP contribution in [0.25, 0.3) is 0 Å². The van der Waals surface area contributed by atoms with Crippen molar-refractivity contribution in [2.75, 3.05) is 29.0 Å². The summed E-state index contributed by atoms with van der Waals surface area (Å²) in [5.74, 6) is 0.885. The van der Waals surface area contributed by atoms with Crippen LogP contribution in [0.5, 0.6) is 0 Å². The third-order valence-electron chi connectivity index (χ3n) is 1.81. The fourth-order valence-electron chi connectivity index (χ4n) is 1.24. The Hall–Kier alpha value is -1.85. The van der Waals surface area contributed by atoms with Gasteiger partial charge in [-0.2, -0.15) is 4.98 Å². The van der Waals surface area contributed by atoms with Crippen LogP contribution in [-0.2, 0) is 4.79 Å². The lowest BCUT2D eigenvalue weighted by molar-refractivity contribution is -0.114. The molecule has 1 aromatic heterocycles. The van der Waals surface area contributed by atoms with Crippen LogP contribution in [0.15, 0.2) is 6.20 Å². The molecule has 0 aliphatic carbocycles. The number of nitrogens with zero attached hydrogens (tertiary/aromatic N) is 2. The molecule has 0 aromatic carbocycles. The molecule has 0 saturated carbocycles. The SMILES string of the molecule is CC(=O)Nc1ncc2c(n1)NCCN2. The summed E-state index contributed by atoms with van der Waals surface area (Å²) in [5.41, 5.74) is 0.866. The van der Waals surface area contributed by atoms with Crippen molar-refractivity contribution in [3.8, 4) is 0 Å². The highest BCUT2D eigenvalue weighted by molar-refractivity contribution is 5.87. The van der Waals surface area contributed by atoms with Crippen LogP contribution in [-0.4, -0.2) is 29.0 Å². The maximum absolute atomic E-state index is 10.8. The second-order valence-corrected chi connectivity index (χ2v) is 2.99. The number of anilines is 3. The molecule has 6 nitrogen and oxygen atoms in total. The highest BCUT2D eigenvalue weighted by Gasteiger charge is 2.10. The summed E-state index contributed by atoms with van der Waals surface area (Å²) in [7, 11) is 0. The summed E-state index contributed by atoms with van der Waals surface area (Å²) in [6.07, 6.45) is 1.65. The fourth-order valence-corrected chi connectivity index (χ4v) is 1.24. The summed E-state index contributed by atoms with van der Waals surface area (Å²) in [5, 5.41) is 8.78. The first-order valence-corrected chi connectivity index (χ1v) is 4.38. The van der Waals surface area contributed by atoms with E-state index in [2.05, 4.69) is 25.9 Å². The Labute approximate surface area is 81.1 Å². The van der Waals surface area contributed by atoms with E-state index >= 15 is 0 Å². The topological polar surface area (TPSA) is 78.9 Å². The average molecular weight is 193 g/mol. The van der Waals surface area contributed by atoms with Gasteiger partial charge in [0.1, 0.15) is 0 Å². The third-order valence-corrected chi connectivity index (χ3v) is 1.81. The van der Waals surface area contributed by atoms with Gasteiger partial charge in [0.05, 0.1) is 11.9 Å². The van der Waals surface area contributed by atoms with Crippen molar-refractivity contribution in [3.05, 3.63) is 6.20 Å². The highest BCUT2D eigenvalue weighted by atomic mass is 16.1. The van der Waals surface area contributed by atoms with E-state index in [0.717, 1.165) is 24.6 Å². The number of hydrogen-bond donors (Lipinski definition) is 3. The molecular weight excluding hydrogens is 182 g/mol. The molecule has 1 aliphatic rings. The van der Waals surface area contributed by atoms with Crippen molar-refractivity contribution < 1.29 is 4.79 Å². The third kappa shape index (κ3) is 1.73. The number of carbonyl (C=O) groups excluding carboxylic acids is 1. The fraction of sp³-hybridized carbons (Fsp3) is 0.375. The number of nitrogens with one attached hydrogen (secondary N) is 3. The molecule has 0 unspecified atom stereocenters. The Kier molecular flexibility index (Phi) is 2.18.